The molecule has 2 nitrogen and oxygen atoms in total. The van der Waals surface area contributed by atoms with E-state index >= 15 is 0 Å². The first-order valence-corrected chi connectivity index (χ1v) is 12.7. The molecule has 2 rings (SSSR count). The zero-order valence-corrected chi connectivity index (χ0v) is 15.0. The van der Waals surface area contributed by atoms with Crippen molar-refractivity contribution in [1.82, 2.24) is 4.98 Å². The third-order valence-corrected chi connectivity index (χ3v) is 7.92. The molecule has 0 bridgehead atoms. The molecule has 0 radical (unpaired) electrons. The van der Waals surface area contributed by atoms with Crippen LogP contribution in [-0.4, -0.2) is 30.5 Å². The quantitative estimate of drug-likeness (QED) is 0.843. The Morgan fingerprint density at radius 2 is 1.95 bits per heavy atom. The van der Waals surface area contributed by atoms with Crippen LogP contribution < -0.4 is 4.98 Å². The standard InChI is InChI=1S/C15H27NOSi2/c1-19(2,3)16-13-18-15(11-7-8-12-17-15)14-9-5-4-6-10-14/h4-6,9-10,16H,7-8,11-13,18H2,1-3H3. The highest BCUT2D eigenvalue weighted by atomic mass is 28.3. The molecule has 1 aromatic rings. The number of ether oxygens (including phenoxy) is 1. The maximum atomic E-state index is 6.30. The Labute approximate surface area is 120 Å². The number of benzene rings is 1. The number of rotatable bonds is 5. The van der Waals surface area contributed by atoms with Crippen LogP contribution in [0.25, 0.3) is 0 Å². The third kappa shape index (κ3) is 4.28. The number of hydrogen-bond donors (Lipinski definition) is 1. The molecule has 0 saturated carbocycles. The van der Waals surface area contributed by atoms with Crippen molar-refractivity contribution in [3.05, 3.63) is 35.9 Å². The molecule has 1 atom stereocenters. The summed E-state index contributed by atoms with van der Waals surface area (Å²) in [7, 11) is -1.46. The maximum absolute atomic E-state index is 6.30. The van der Waals surface area contributed by atoms with Gasteiger partial charge in [0.25, 0.3) is 0 Å². The van der Waals surface area contributed by atoms with Gasteiger partial charge in [0, 0.05) is 6.61 Å². The molecule has 0 aromatic heterocycles. The Bertz CT molecular complexity index is 383. The molecule has 1 N–H and O–H groups in total. The zero-order chi connectivity index (χ0) is 13.8. The molecule has 0 spiro atoms. The summed E-state index contributed by atoms with van der Waals surface area (Å²) >= 11 is 0. The Morgan fingerprint density at radius 3 is 2.53 bits per heavy atom. The van der Waals surface area contributed by atoms with E-state index in [-0.39, 0.29) is 14.7 Å². The SMILES string of the molecule is C[Si](C)(C)NC[SiH2]C1(c2ccccc2)CCCCO1. The van der Waals surface area contributed by atoms with Crippen LogP contribution in [0.15, 0.2) is 30.3 Å². The topological polar surface area (TPSA) is 21.3 Å². The lowest BCUT2D eigenvalue weighted by Gasteiger charge is -2.38. The van der Waals surface area contributed by atoms with Gasteiger partial charge in [0.2, 0.25) is 0 Å². The molecule has 0 aliphatic carbocycles. The van der Waals surface area contributed by atoms with E-state index in [0.29, 0.717) is 0 Å². The normalized spacial score (nSPS) is 25.0. The van der Waals surface area contributed by atoms with Crippen LogP contribution in [0.1, 0.15) is 24.8 Å². The van der Waals surface area contributed by atoms with Crippen molar-refractivity contribution in [2.75, 3.05) is 12.8 Å². The van der Waals surface area contributed by atoms with E-state index in [1.807, 2.05) is 0 Å². The summed E-state index contributed by atoms with van der Waals surface area (Å²) in [5.41, 5.74) is 1.42. The second-order valence-corrected chi connectivity index (χ2v) is 13.6. The summed E-state index contributed by atoms with van der Waals surface area (Å²) in [6.45, 7) is 8.06. The molecule has 1 unspecified atom stereocenters. The fourth-order valence-electron chi connectivity index (χ4n) is 2.80. The van der Waals surface area contributed by atoms with Crippen LogP contribution in [0, 0.1) is 0 Å². The van der Waals surface area contributed by atoms with E-state index in [1.165, 1.54) is 31.0 Å². The van der Waals surface area contributed by atoms with Gasteiger partial charge in [-0.25, -0.2) is 0 Å². The lowest BCUT2D eigenvalue weighted by atomic mass is 10.0. The van der Waals surface area contributed by atoms with Crippen molar-refractivity contribution in [1.29, 1.82) is 0 Å². The van der Waals surface area contributed by atoms with E-state index < -0.39 is 8.24 Å². The summed E-state index contributed by atoms with van der Waals surface area (Å²) in [5.74, 6) is 0. The predicted octanol–water partition coefficient (Wildman–Crippen LogP) is 2.59. The second-order valence-electron chi connectivity index (χ2n) is 6.59. The fourth-order valence-corrected chi connectivity index (χ4v) is 8.02. The smallest absolute Gasteiger partial charge is 0.116 e. The molecule has 0 amide bonds. The Balaban J connectivity index is 2.07. The zero-order valence-electron chi connectivity index (χ0n) is 12.5. The molecule has 1 fully saturated rings. The maximum Gasteiger partial charge on any atom is 0.116 e. The van der Waals surface area contributed by atoms with E-state index in [4.69, 9.17) is 4.74 Å². The van der Waals surface area contributed by atoms with E-state index in [9.17, 15) is 0 Å². The van der Waals surface area contributed by atoms with Gasteiger partial charge in [0.15, 0.2) is 0 Å². The van der Waals surface area contributed by atoms with Crippen LogP contribution in [0.4, 0.5) is 0 Å². The van der Waals surface area contributed by atoms with Gasteiger partial charge in [-0.2, -0.15) is 0 Å². The highest BCUT2D eigenvalue weighted by Crippen LogP contribution is 2.33. The van der Waals surface area contributed by atoms with E-state index in [0.717, 1.165) is 6.61 Å². The minimum absolute atomic E-state index is 0.0894. The Morgan fingerprint density at radius 1 is 1.21 bits per heavy atom. The van der Waals surface area contributed by atoms with Gasteiger partial charge in [-0.05, 0) is 31.0 Å². The highest BCUT2D eigenvalue weighted by Gasteiger charge is 2.35. The average Bonchev–Trinajstić information content (AvgIpc) is 2.39. The first-order valence-electron chi connectivity index (χ1n) is 7.46. The monoisotopic (exact) mass is 293 g/mol. The van der Waals surface area contributed by atoms with Crippen LogP contribution in [0.5, 0.6) is 0 Å². The molecule has 106 valence electrons. The number of hydrogen-bond acceptors (Lipinski definition) is 2. The average molecular weight is 294 g/mol. The van der Waals surface area contributed by atoms with Crippen LogP contribution in [-0.2, 0) is 9.96 Å². The molecular formula is C15H27NOSi2. The molecule has 1 aliphatic heterocycles. The van der Waals surface area contributed by atoms with Crippen molar-refractivity contribution in [3.63, 3.8) is 0 Å². The lowest BCUT2D eigenvalue weighted by Crippen LogP contribution is -2.49. The lowest BCUT2D eigenvalue weighted by molar-refractivity contribution is -0.0240. The minimum atomic E-state index is -1.15. The van der Waals surface area contributed by atoms with Gasteiger partial charge in [-0.1, -0.05) is 50.0 Å². The molecule has 19 heavy (non-hydrogen) atoms. The van der Waals surface area contributed by atoms with Crippen molar-refractivity contribution in [2.24, 2.45) is 0 Å². The van der Waals surface area contributed by atoms with Crippen molar-refractivity contribution < 1.29 is 4.74 Å². The van der Waals surface area contributed by atoms with Crippen molar-refractivity contribution >= 4 is 17.8 Å². The van der Waals surface area contributed by atoms with Gasteiger partial charge >= 0.3 is 0 Å². The minimum Gasteiger partial charge on any atom is -0.375 e. The molecular weight excluding hydrogens is 266 g/mol. The largest absolute Gasteiger partial charge is 0.375 e. The van der Waals surface area contributed by atoms with Gasteiger partial charge in [0.05, 0.1) is 14.7 Å². The summed E-state index contributed by atoms with van der Waals surface area (Å²) < 4.78 is 6.30. The second kappa shape index (κ2) is 6.35. The predicted molar refractivity (Wildman–Crippen MR) is 87.8 cm³/mol. The Kier molecular flexibility index (Phi) is 5.00. The van der Waals surface area contributed by atoms with Gasteiger partial charge in [-0.3, -0.25) is 0 Å². The Hall–Kier alpha value is -0.426. The third-order valence-electron chi connectivity index (χ3n) is 3.84. The number of nitrogens with one attached hydrogen (secondary N) is 1. The van der Waals surface area contributed by atoms with Crippen molar-refractivity contribution in [2.45, 2.75) is 44.1 Å². The van der Waals surface area contributed by atoms with Gasteiger partial charge < -0.3 is 9.72 Å². The van der Waals surface area contributed by atoms with Crippen LogP contribution in [0.2, 0.25) is 19.6 Å². The molecule has 4 heteroatoms. The first kappa shape index (κ1) is 15.0. The molecule has 1 heterocycles. The molecule has 1 saturated heterocycles. The first-order chi connectivity index (χ1) is 9.02. The summed E-state index contributed by atoms with van der Waals surface area (Å²) in [6.07, 6.45) is 4.96. The van der Waals surface area contributed by atoms with Gasteiger partial charge in [0.1, 0.15) is 8.24 Å². The summed E-state index contributed by atoms with van der Waals surface area (Å²) in [4.78, 5) is 3.78. The molecule has 1 aliphatic rings. The summed E-state index contributed by atoms with van der Waals surface area (Å²) in [6, 6.07) is 10.9. The molecule has 1 aromatic carbocycles. The summed E-state index contributed by atoms with van der Waals surface area (Å²) in [5, 5.41) is 0.0894. The van der Waals surface area contributed by atoms with Gasteiger partial charge in [-0.15, -0.1) is 0 Å². The van der Waals surface area contributed by atoms with Crippen LogP contribution >= 0.6 is 0 Å². The van der Waals surface area contributed by atoms with E-state index in [1.54, 1.807) is 0 Å². The van der Waals surface area contributed by atoms with Crippen LogP contribution in [0.3, 0.4) is 0 Å². The highest BCUT2D eigenvalue weighted by molar-refractivity contribution is 6.74. The fraction of sp³-hybridized carbons (Fsp3) is 0.600. The van der Waals surface area contributed by atoms with E-state index in [2.05, 4.69) is 55.0 Å². The van der Waals surface area contributed by atoms with Crippen molar-refractivity contribution in [3.8, 4) is 0 Å².